The molecule has 0 aliphatic rings. The first-order valence-electron chi connectivity index (χ1n) is 8.25. The molecule has 6 nitrogen and oxygen atoms in total. The number of aromatic nitrogens is 2. The van der Waals surface area contributed by atoms with Crippen molar-refractivity contribution in [2.75, 3.05) is 11.9 Å². The van der Waals surface area contributed by atoms with Crippen molar-refractivity contribution in [2.24, 2.45) is 0 Å². The highest BCUT2D eigenvalue weighted by Crippen LogP contribution is 2.18. The van der Waals surface area contributed by atoms with Crippen LogP contribution in [0.3, 0.4) is 0 Å². The van der Waals surface area contributed by atoms with E-state index >= 15 is 0 Å². The molecule has 0 bridgehead atoms. The smallest absolute Gasteiger partial charge is 0.287 e. The van der Waals surface area contributed by atoms with Gasteiger partial charge in [-0.25, -0.2) is 4.98 Å². The van der Waals surface area contributed by atoms with Crippen LogP contribution in [-0.2, 0) is 0 Å². The molecule has 0 atom stereocenters. The van der Waals surface area contributed by atoms with Crippen LogP contribution < -0.4 is 10.6 Å². The summed E-state index contributed by atoms with van der Waals surface area (Å²) in [4.78, 5) is 29.4. The molecular weight excluding hydrogens is 328 g/mol. The van der Waals surface area contributed by atoms with E-state index in [1.165, 1.54) is 0 Å². The number of carbonyl (C=O) groups excluding carboxylic acids is 2. The minimum Gasteiger partial charge on any atom is -0.346 e. The summed E-state index contributed by atoms with van der Waals surface area (Å²) in [7, 11) is 0. The van der Waals surface area contributed by atoms with Gasteiger partial charge in [-0.3, -0.25) is 14.0 Å². The third kappa shape index (κ3) is 3.49. The van der Waals surface area contributed by atoms with E-state index in [0.29, 0.717) is 17.7 Å². The number of hydrogen-bond acceptors (Lipinski definition) is 3. The lowest BCUT2D eigenvalue weighted by Gasteiger charge is -2.06. The van der Waals surface area contributed by atoms with Crippen molar-refractivity contribution >= 4 is 23.0 Å². The van der Waals surface area contributed by atoms with Gasteiger partial charge in [-0.15, -0.1) is 6.58 Å². The normalized spacial score (nSPS) is 10.5. The van der Waals surface area contributed by atoms with Gasteiger partial charge in [-0.1, -0.05) is 18.2 Å². The fraction of sp³-hybridized carbons (Fsp3) is 0.150. The van der Waals surface area contributed by atoms with E-state index in [1.54, 1.807) is 34.9 Å². The fourth-order valence-electron chi connectivity index (χ4n) is 2.85. The summed E-state index contributed by atoms with van der Waals surface area (Å²) in [5.41, 5.74) is 3.58. The molecule has 0 spiro atoms. The van der Waals surface area contributed by atoms with Crippen LogP contribution in [0.4, 0.5) is 5.69 Å². The Morgan fingerprint density at radius 3 is 2.58 bits per heavy atom. The molecule has 1 aromatic carbocycles. The Labute approximate surface area is 151 Å². The van der Waals surface area contributed by atoms with E-state index in [1.807, 2.05) is 32.0 Å². The van der Waals surface area contributed by atoms with Crippen molar-refractivity contribution in [3.63, 3.8) is 0 Å². The van der Waals surface area contributed by atoms with Crippen molar-refractivity contribution in [1.29, 1.82) is 0 Å². The average Bonchev–Trinajstić information content (AvgIpc) is 2.98. The summed E-state index contributed by atoms with van der Waals surface area (Å²) in [6.45, 7) is 7.84. The molecular formula is C20H20N4O2. The third-order valence-electron chi connectivity index (χ3n) is 3.85. The molecule has 2 N–H and O–H groups in total. The van der Waals surface area contributed by atoms with Crippen molar-refractivity contribution in [1.82, 2.24) is 14.7 Å². The van der Waals surface area contributed by atoms with Gasteiger partial charge in [0.15, 0.2) is 5.69 Å². The first kappa shape index (κ1) is 17.4. The van der Waals surface area contributed by atoms with Gasteiger partial charge < -0.3 is 10.6 Å². The van der Waals surface area contributed by atoms with Crippen LogP contribution in [0, 0.1) is 13.8 Å². The molecule has 0 aliphatic heterocycles. The molecule has 2 aromatic heterocycles. The van der Waals surface area contributed by atoms with Gasteiger partial charge in [0.2, 0.25) is 5.82 Å². The first-order chi connectivity index (χ1) is 12.5. The summed E-state index contributed by atoms with van der Waals surface area (Å²) < 4.78 is 1.61. The highest BCUT2D eigenvalue weighted by atomic mass is 16.2. The Kier molecular flexibility index (Phi) is 4.84. The lowest BCUT2D eigenvalue weighted by atomic mass is 10.1. The van der Waals surface area contributed by atoms with Crippen molar-refractivity contribution in [3.8, 4) is 0 Å². The number of fused-ring (bicyclic) bond motifs is 1. The van der Waals surface area contributed by atoms with Gasteiger partial charge in [0, 0.05) is 18.4 Å². The van der Waals surface area contributed by atoms with Crippen molar-refractivity contribution in [3.05, 3.63) is 77.9 Å². The van der Waals surface area contributed by atoms with E-state index in [4.69, 9.17) is 0 Å². The number of amides is 2. The Bertz CT molecular complexity index is 984. The molecule has 2 amide bonds. The molecule has 26 heavy (non-hydrogen) atoms. The summed E-state index contributed by atoms with van der Waals surface area (Å²) in [5, 5.41) is 5.55. The number of hydrogen-bond donors (Lipinski definition) is 2. The SMILES string of the molecule is C=CCNC(=O)c1nc(C(=O)Nc2cc(C)cc(C)c2)c2ccccn12. The predicted octanol–water partition coefficient (Wildman–Crippen LogP) is 3.12. The number of pyridine rings is 1. The second-order valence-corrected chi connectivity index (χ2v) is 6.07. The Morgan fingerprint density at radius 1 is 1.15 bits per heavy atom. The van der Waals surface area contributed by atoms with Crippen LogP contribution in [0.15, 0.2) is 55.3 Å². The maximum Gasteiger partial charge on any atom is 0.287 e. The van der Waals surface area contributed by atoms with Gasteiger partial charge in [0.1, 0.15) is 0 Å². The number of aryl methyl sites for hydroxylation is 2. The van der Waals surface area contributed by atoms with E-state index in [2.05, 4.69) is 22.2 Å². The van der Waals surface area contributed by atoms with E-state index < -0.39 is 0 Å². The van der Waals surface area contributed by atoms with Gasteiger partial charge >= 0.3 is 0 Å². The molecule has 0 unspecified atom stereocenters. The van der Waals surface area contributed by atoms with Crippen LogP contribution >= 0.6 is 0 Å². The lowest BCUT2D eigenvalue weighted by molar-refractivity contribution is 0.0947. The largest absolute Gasteiger partial charge is 0.346 e. The number of imidazole rings is 1. The van der Waals surface area contributed by atoms with E-state index in [9.17, 15) is 9.59 Å². The zero-order valence-electron chi connectivity index (χ0n) is 14.7. The molecule has 2 heterocycles. The number of carbonyl (C=O) groups is 2. The number of anilines is 1. The number of rotatable bonds is 5. The van der Waals surface area contributed by atoms with E-state index in [0.717, 1.165) is 11.1 Å². The zero-order valence-corrected chi connectivity index (χ0v) is 14.7. The molecule has 0 fully saturated rings. The van der Waals surface area contributed by atoms with Gasteiger partial charge in [0.05, 0.1) is 5.52 Å². The quantitative estimate of drug-likeness (QED) is 0.696. The van der Waals surface area contributed by atoms with Crippen LogP contribution in [-0.4, -0.2) is 27.7 Å². The van der Waals surface area contributed by atoms with Crippen LogP contribution in [0.25, 0.3) is 5.52 Å². The first-order valence-corrected chi connectivity index (χ1v) is 8.25. The summed E-state index contributed by atoms with van der Waals surface area (Å²) >= 11 is 0. The van der Waals surface area contributed by atoms with Crippen LogP contribution in [0.2, 0.25) is 0 Å². The molecule has 3 rings (SSSR count). The average molecular weight is 348 g/mol. The maximum absolute atomic E-state index is 12.8. The van der Waals surface area contributed by atoms with Gasteiger partial charge in [0.25, 0.3) is 11.8 Å². The highest BCUT2D eigenvalue weighted by molar-refractivity contribution is 6.09. The third-order valence-corrected chi connectivity index (χ3v) is 3.85. The van der Waals surface area contributed by atoms with Crippen LogP contribution in [0.1, 0.15) is 32.2 Å². The number of nitrogens with one attached hydrogen (secondary N) is 2. The minimum atomic E-state index is -0.364. The number of nitrogens with zero attached hydrogens (tertiary/aromatic N) is 2. The van der Waals surface area contributed by atoms with Crippen molar-refractivity contribution < 1.29 is 9.59 Å². The molecule has 132 valence electrons. The molecule has 0 saturated carbocycles. The second kappa shape index (κ2) is 7.23. The van der Waals surface area contributed by atoms with Crippen LogP contribution in [0.5, 0.6) is 0 Å². The zero-order chi connectivity index (χ0) is 18.7. The Hall–Kier alpha value is -3.41. The monoisotopic (exact) mass is 348 g/mol. The predicted molar refractivity (Wildman–Crippen MR) is 102 cm³/mol. The molecule has 0 saturated heterocycles. The molecule has 3 aromatic rings. The van der Waals surface area contributed by atoms with E-state index in [-0.39, 0.29) is 23.3 Å². The molecule has 6 heteroatoms. The van der Waals surface area contributed by atoms with Crippen molar-refractivity contribution in [2.45, 2.75) is 13.8 Å². The standard InChI is InChI=1S/C20H20N4O2/c1-4-8-21-20(26)18-23-17(16-7-5-6-9-24(16)18)19(25)22-15-11-13(2)10-14(3)12-15/h4-7,9-12H,1,8H2,2-3H3,(H,21,26)(H,22,25). The number of benzene rings is 1. The fourth-order valence-corrected chi connectivity index (χ4v) is 2.85. The summed E-state index contributed by atoms with van der Waals surface area (Å²) in [6, 6.07) is 11.2. The minimum absolute atomic E-state index is 0.160. The Morgan fingerprint density at radius 2 is 1.88 bits per heavy atom. The Balaban J connectivity index is 1.97. The lowest BCUT2D eigenvalue weighted by Crippen LogP contribution is -2.25. The van der Waals surface area contributed by atoms with Gasteiger partial charge in [-0.05, 0) is 49.2 Å². The van der Waals surface area contributed by atoms with Gasteiger partial charge in [-0.2, -0.15) is 0 Å². The topological polar surface area (TPSA) is 75.5 Å². The highest BCUT2D eigenvalue weighted by Gasteiger charge is 2.21. The molecule has 0 aliphatic carbocycles. The summed E-state index contributed by atoms with van der Waals surface area (Å²) in [5.74, 6) is -0.564. The second-order valence-electron chi connectivity index (χ2n) is 6.07. The summed E-state index contributed by atoms with van der Waals surface area (Å²) in [6.07, 6.45) is 3.29. The maximum atomic E-state index is 12.8. The molecule has 0 radical (unpaired) electrons.